The van der Waals surface area contributed by atoms with Crippen molar-refractivity contribution in [3.63, 3.8) is 0 Å². The topological polar surface area (TPSA) is 32.3 Å². The average Bonchev–Trinajstić information content (AvgIpc) is 2.48. The Balaban J connectivity index is 1.98. The predicted octanol–water partition coefficient (Wildman–Crippen LogP) is 3.13. The third kappa shape index (κ3) is 3.81. The highest BCUT2D eigenvalue weighted by atomic mass is 19.1. The summed E-state index contributed by atoms with van der Waals surface area (Å²) in [6, 6.07) is 12.4. The standard InChI is InChI=1S/C17H19FN2O/c1-12-4-7-14(10-16(12)18)17(21)19-11-13-5-8-15(9-6-13)20(2)3/h4-10H,11H2,1-3H3,(H,19,21). The van der Waals surface area contributed by atoms with Crippen molar-refractivity contribution >= 4 is 11.6 Å². The maximum atomic E-state index is 13.4. The highest BCUT2D eigenvalue weighted by Crippen LogP contribution is 2.13. The second-order valence-corrected chi connectivity index (χ2v) is 5.21. The molecule has 0 saturated carbocycles. The maximum absolute atomic E-state index is 13.4. The number of nitrogens with one attached hydrogen (secondary N) is 1. The molecule has 1 N–H and O–H groups in total. The Hall–Kier alpha value is -2.36. The number of aryl methyl sites for hydroxylation is 1. The van der Waals surface area contributed by atoms with Crippen molar-refractivity contribution in [1.82, 2.24) is 5.32 Å². The summed E-state index contributed by atoms with van der Waals surface area (Å²) < 4.78 is 13.4. The molecule has 0 aromatic heterocycles. The Morgan fingerprint density at radius 1 is 1.14 bits per heavy atom. The summed E-state index contributed by atoms with van der Waals surface area (Å²) in [4.78, 5) is 14.0. The van der Waals surface area contributed by atoms with Gasteiger partial charge in [0.2, 0.25) is 0 Å². The predicted molar refractivity (Wildman–Crippen MR) is 83.1 cm³/mol. The van der Waals surface area contributed by atoms with Crippen LogP contribution in [0, 0.1) is 12.7 Å². The molecule has 0 heterocycles. The molecular weight excluding hydrogens is 267 g/mol. The Bertz CT molecular complexity index is 636. The van der Waals surface area contributed by atoms with Gasteiger partial charge in [-0.05, 0) is 42.3 Å². The lowest BCUT2D eigenvalue weighted by Gasteiger charge is -2.13. The van der Waals surface area contributed by atoms with E-state index in [0.29, 0.717) is 17.7 Å². The molecule has 0 radical (unpaired) electrons. The van der Waals surface area contributed by atoms with Gasteiger partial charge in [0.05, 0.1) is 0 Å². The summed E-state index contributed by atoms with van der Waals surface area (Å²) in [5, 5.41) is 2.79. The fourth-order valence-electron chi connectivity index (χ4n) is 1.93. The van der Waals surface area contributed by atoms with Crippen LogP contribution in [0.4, 0.5) is 10.1 Å². The van der Waals surface area contributed by atoms with Gasteiger partial charge in [0.15, 0.2) is 0 Å². The number of benzene rings is 2. The van der Waals surface area contributed by atoms with Crippen molar-refractivity contribution in [2.75, 3.05) is 19.0 Å². The third-order valence-electron chi connectivity index (χ3n) is 3.34. The number of carbonyl (C=O) groups is 1. The number of hydrogen-bond acceptors (Lipinski definition) is 2. The molecule has 0 fully saturated rings. The molecule has 0 atom stereocenters. The zero-order chi connectivity index (χ0) is 15.4. The van der Waals surface area contributed by atoms with Crippen LogP contribution in [0.15, 0.2) is 42.5 Å². The highest BCUT2D eigenvalue weighted by Gasteiger charge is 2.07. The van der Waals surface area contributed by atoms with Gasteiger partial charge in [-0.1, -0.05) is 18.2 Å². The summed E-state index contributed by atoms with van der Waals surface area (Å²) in [6.07, 6.45) is 0. The van der Waals surface area contributed by atoms with Crippen LogP contribution in [-0.4, -0.2) is 20.0 Å². The molecule has 21 heavy (non-hydrogen) atoms. The van der Waals surface area contributed by atoms with Crippen LogP contribution in [0.2, 0.25) is 0 Å². The Morgan fingerprint density at radius 2 is 1.81 bits per heavy atom. The minimum absolute atomic E-state index is 0.273. The number of nitrogens with zero attached hydrogens (tertiary/aromatic N) is 1. The van der Waals surface area contributed by atoms with Gasteiger partial charge in [-0.25, -0.2) is 4.39 Å². The van der Waals surface area contributed by atoms with Crippen molar-refractivity contribution in [2.24, 2.45) is 0 Å². The lowest BCUT2D eigenvalue weighted by atomic mass is 10.1. The zero-order valence-electron chi connectivity index (χ0n) is 12.5. The van der Waals surface area contributed by atoms with E-state index in [9.17, 15) is 9.18 Å². The van der Waals surface area contributed by atoms with Gasteiger partial charge in [0, 0.05) is 31.9 Å². The molecule has 0 spiro atoms. The number of hydrogen-bond donors (Lipinski definition) is 1. The van der Waals surface area contributed by atoms with E-state index in [0.717, 1.165) is 11.3 Å². The summed E-state index contributed by atoms with van der Waals surface area (Å²) in [7, 11) is 3.95. The van der Waals surface area contributed by atoms with Crippen molar-refractivity contribution in [2.45, 2.75) is 13.5 Å². The molecule has 2 aromatic carbocycles. The van der Waals surface area contributed by atoms with Gasteiger partial charge < -0.3 is 10.2 Å². The summed E-state index contributed by atoms with van der Waals surface area (Å²) in [6.45, 7) is 2.09. The van der Waals surface area contributed by atoms with Crippen LogP contribution >= 0.6 is 0 Å². The van der Waals surface area contributed by atoms with Crippen LogP contribution in [-0.2, 0) is 6.54 Å². The van der Waals surface area contributed by atoms with E-state index in [4.69, 9.17) is 0 Å². The molecular formula is C17H19FN2O. The molecule has 2 rings (SSSR count). The van der Waals surface area contributed by atoms with Crippen molar-refractivity contribution in [3.05, 3.63) is 65.0 Å². The molecule has 4 heteroatoms. The number of anilines is 1. The van der Waals surface area contributed by atoms with E-state index >= 15 is 0 Å². The normalized spacial score (nSPS) is 10.3. The summed E-state index contributed by atoms with van der Waals surface area (Å²) >= 11 is 0. The first-order valence-electron chi connectivity index (χ1n) is 6.78. The summed E-state index contributed by atoms with van der Waals surface area (Å²) in [5.41, 5.74) is 2.97. The molecule has 0 aliphatic rings. The van der Waals surface area contributed by atoms with Gasteiger partial charge in [0.1, 0.15) is 5.82 Å². The summed E-state index contributed by atoms with van der Waals surface area (Å²) in [5.74, 6) is -0.636. The van der Waals surface area contributed by atoms with E-state index in [1.54, 1.807) is 19.1 Å². The van der Waals surface area contributed by atoms with Crippen LogP contribution < -0.4 is 10.2 Å². The SMILES string of the molecule is Cc1ccc(C(=O)NCc2ccc(N(C)C)cc2)cc1F. The van der Waals surface area contributed by atoms with Crippen LogP contribution in [0.25, 0.3) is 0 Å². The van der Waals surface area contributed by atoms with Gasteiger partial charge in [-0.2, -0.15) is 0 Å². The largest absolute Gasteiger partial charge is 0.378 e. The van der Waals surface area contributed by atoms with Crippen LogP contribution in [0.5, 0.6) is 0 Å². The number of carbonyl (C=O) groups excluding carboxylic acids is 1. The number of rotatable bonds is 4. The average molecular weight is 286 g/mol. The van der Waals surface area contributed by atoms with E-state index in [-0.39, 0.29) is 11.7 Å². The van der Waals surface area contributed by atoms with Gasteiger partial charge >= 0.3 is 0 Å². The Morgan fingerprint density at radius 3 is 2.38 bits per heavy atom. The fourth-order valence-corrected chi connectivity index (χ4v) is 1.93. The Labute approximate surface area is 124 Å². The second kappa shape index (κ2) is 6.39. The minimum Gasteiger partial charge on any atom is -0.378 e. The Kier molecular flexibility index (Phi) is 4.58. The highest BCUT2D eigenvalue weighted by molar-refractivity contribution is 5.94. The first kappa shape index (κ1) is 15.0. The molecule has 0 aliphatic heterocycles. The van der Waals surface area contributed by atoms with E-state index in [1.807, 2.05) is 43.3 Å². The fraction of sp³-hybridized carbons (Fsp3) is 0.235. The monoisotopic (exact) mass is 286 g/mol. The van der Waals surface area contributed by atoms with Gasteiger partial charge in [-0.15, -0.1) is 0 Å². The molecule has 0 unspecified atom stereocenters. The van der Waals surface area contributed by atoms with Crippen LogP contribution in [0.1, 0.15) is 21.5 Å². The first-order valence-corrected chi connectivity index (χ1v) is 6.78. The minimum atomic E-state index is -0.363. The molecule has 0 saturated heterocycles. The van der Waals surface area contributed by atoms with E-state index in [2.05, 4.69) is 5.32 Å². The van der Waals surface area contributed by atoms with Crippen molar-refractivity contribution in [1.29, 1.82) is 0 Å². The lowest BCUT2D eigenvalue weighted by Crippen LogP contribution is -2.23. The maximum Gasteiger partial charge on any atom is 0.251 e. The number of halogens is 1. The molecule has 0 aliphatic carbocycles. The second-order valence-electron chi connectivity index (χ2n) is 5.21. The van der Waals surface area contributed by atoms with Crippen molar-refractivity contribution < 1.29 is 9.18 Å². The molecule has 1 amide bonds. The third-order valence-corrected chi connectivity index (χ3v) is 3.34. The lowest BCUT2D eigenvalue weighted by molar-refractivity contribution is 0.0950. The van der Waals surface area contributed by atoms with Gasteiger partial charge in [-0.3, -0.25) is 4.79 Å². The smallest absolute Gasteiger partial charge is 0.251 e. The number of amides is 1. The zero-order valence-corrected chi connectivity index (χ0v) is 12.5. The van der Waals surface area contributed by atoms with Crippen LogP contribution in [0.3, 0.4) is 0 Å². The molecule has 110 valence electrons. The van der Waals surface area contributed by atoms with Crippen molar-refractivity contribution in [3.8, 4) is 0 Å². The molecule has 0 bridgehead atoms. The quantitative estimate of drug-likeness (QED) is 0.936. The molecule has 2 aromatic rings. The molecule has 3 nitrogen and oxygen atoms in total. The van der Waals surface area contributed by atoms with E-state index in [1.165, 1.54) is 6.07 Å². The van der Waals surface area contributed by atoms with Gasteiger partial charge in [0.25, 0.3) is 5.91 Å². The first-order chi connectivity index (χ1) is 9.97. The van der Waals surface area contributed by atoms with E-state index < -0.39 is 0 Å².